The maximum absolute atomic E-state index is 11.6. The van der Waals surface area contributed by atoms with Crippen molar-refractivity contribution in [2.45, 2.75) is 45.1 Å². The monoisotopic (exact) mass is 462 g/mol. The molecular weight excluding hydrogens is 431 g/mol. The summed E-state index contributed by atoms with van der Waals surface area (Å²) in [7, 11) is 0. The van der Waals surface area contributed by atoms with Crippen LogP contribution in [0, 0.1) is 5.92 Å². The highest BCUT2D eigenvalue weighted by Gasteiger charge is 2.24. The van der Waals surface area contributed by atoms with Gasteiger partial charge < -0.3 is 10.0 Å². The first-order valence-electron chi connectivity index (χ1n) is 11.1. The van der Waals surface area contributed by atoms with E-state index in [4.69, 9.17) is 23.2 Å². The molecule has 1 unspecified atom stereocenters. The second-order valence-electron chi connectivity index (χ2n) is 8.47. The molecule has 0 saturated carbocycles. The SMILES string of the molecule is CCN(CC(CCC1CCN(Cc2ccccc2)CC1)c1ccc(Cl)c(Cl)c1)C(=O)O. The Morgan fingerprint density at radius 1 is 1.13 bits per heavy atom. The summed E-state index contributed by atoms with van der Waals surface area (Å²) in [6.07, 6.45) is 3.56. The third-order valence-electron chi connectivity index (χ3n) is 6.39. The molecule has 1 aliphatic rings. The van der Waals surface area contributed by atoms with Gasteiger partial charge in [-0.1, -0.05) is 59.6 Å². The first kappa shape index (κ1) is 23.9. The summed E-state index contributed by atoms with van der Waals surface area (Å²) in [6, 6.07) is 16.3. The zero-order valence-corrected chi connectivity index (χ0v) is 19.7. The zero-order chi connectivity index (χ0) is 22.2. The van der Waals surface area contributed by atoms with Crippen molar-refractivity contribution in [2.24, 2.45) is 5.92 Å². The lowest BCUT2D eigenvalue weighted by Gasteiger charge is -2.33. The average Bonchev–Trinajstić information content (AvgIpc) is 2.77. The van der Waals surface area contributed by atoms with Crippen LogP contribution in [0.25, 0.3) is 0 Å². The van der Waals surface area contributed by atoms with E-state index in [0.717, 1.165) is 38.0 Å². The second-order valence-corrected chi connectivity index (χ2v) is 9.29. The number of carbonyl (C=O) groups is 1. The number of benzene rings is 2. The summed E-state index contributed by atoms with van der Waals surface area (Å²) in [5, 5.41) is 10.6. The predicted octanol–water partition coefficient (Wildman–Crippen LogP) is 6.77. The number of rotatable bonds is 9. The molecule has 2 aromatic rings. The van der Waals surface area contributed by atoms with Crippen LogP contribution in [0.2, 0.25) is 10.0 Å². The van der Waals surface area contributed by atoms with Gasteiger partial charge >= 0.3 is 6.09 Å². The summed E-state index contributed by atoms with van der Waals surface area (Å²) in [5.74, 6) is 0.797. The van der Waals surface area contributed by atoms with E-state index in [0.29, 0.717) is 29.1 Å². The molecule has 0 aromatic heterocycles. The molecule has 3 rings (SSSR count). The number of likely N-dealkylation sites (tertiary alicyclic amines) is 1. The van der Waals surface area contributed by atoms with Crippen LogP contribution in [0.5, 0.6) is 0 Å². The van der Waals surface area contributed by atoms with Crippen LogP contribution in [0.4, 0.5) is 4.79 Å². The Kier molecular flexibility index (Phi) is 9.06. The summed E-state index contributed by atoms with van der Waals surface area (Å²) >= 11 is 12.4. The number of amides is 1. The van der Waals surface area contributed by atoms with Crippen LogP contribution in [0.1, 0.15) is 49.7 Å². The van der Waals surface area contributed by atoms with Crippen LogP contribution in [-0.4, -0.2) is 47.2 Å². The lowest BCUT2D eigenvalue weighted by molar-refractivity contribution is 0.141. The Balaban J connectivity index is 1.57. The topological polar surface area (TPSA) is 43.8 Å². The lowest BCUT2D eigenvalue weighted by Crippen LogP contribution is -2.35. The fraction of sp³-hybridized carbons (Fsp3) is 0.480. The highest BCUT2D eigenvalue weighted by molar-refractivity contribution is 6.42. The van der Waals surface area contributed by atoms with Gasteiger partial charge in [0.15, 0.2) is 0 Å². The van der Waals surface area contributed by atoms with E-state index < -0.39 is 6.09 Å². The van der Waals surface area contributed by atoms with Gasteiger partial charge in [-0.05, 0) is 74.9 Å². The number of piperidine rings is 1. The predicted molar refractivity (Wildman–Crippen MR) is 128 cm³/mol. The van der Waals surface area contributed by atoms with Gasteiger partial charge in [0.25, 0.3) is 0 Å². The van der Waals surface area contributed by atoms with Gasteiger partial charge in [0.1, 0.15) is 0 Å². The smallest absolute Gasteiger partial charge is 0.407 e. The molecule has 0 aliphatic carbocycles. The van der Waals surface area contributed by atoms with Crippen molar-refractivity contribution in [3.8, 4) is 0 Å². The van der Waals surface area contributed by atoms with E-state index >= 15 is 0 Å². The van der Waals surface area contributed by atoms with Gasteiger partial charge in [-0.15, -0.1) is 0 Å². The average molecular weight is 463 g/mol. The standard InChI is InChI=1S/C25H32Cl2N2O2/c1-2-29(25(30)31)18-22(21-10-11-23(26)24(27)16-21)9-8-19-12-14-28(15-13-19)17-20-6-4-3-5-7-20/h3-7,10-11,16,19,22H,2,8-9,12-15,17-18H2,1H3,(H,30,31). The van der Waals surface area contributed by atoms with Crippen molar-refractivity contribution in [2.75, 3.05) is 26.2 Å². The van der Waals surface area contributed by atoms with Crippen LogP contribution < -0.4 is 0 Å². The van der Waals surface area contributed by atoms with E-state index in [1.54, 1.807) is 0 Å². The van der Waals surface area contributed by atoms with Gasteiger partial charge in [-0.2, -0.15) is 0 Å². The molecule has 1 aliphatic heterocycles. The van der Waals surface area contributed by atoms with E-state index in [9.17, 15) is 9.90 Å². The molecule has 1 atom stereocenters. The van der Waals surface area contributed by atoms with E-state index in [1.165, 1.54) is 23.3 Å². The number of hydrogen-bond donors (Lipinski definition) is 1. The number of hydrogen-bond acceptors (Lipinski definition) is 2. The fourth-order valence-electron chi connectivity index (χ4n) is 4.45. The van der Waals surface area contributed by atoms with Crippen LogP contribution in [-0.2, 0) is 6.54 Å². The zero-order valence-electron chi connectivity index (χ0n) is 18.1. The van der Waals surface area contributed by atoms with E-state index in [2.05, 4.69) is 35.2 Å². The number of nitrogens with zero attached hydrogens (tertiary/aromatic N) is 2. The Morgan fingerprint density at radius 3 is 2.45 bits per heavy atom. The molecule has 2 aromatic carbocycles. The first-order valence-corrected chi connectivity index (χ1v) is 11.9. The van der Waals surface area contributed by atoms with Crippen LogP contribution in [0.15, 0.2) is 48.5 Å². The molecule has 1 saturated heterocycles. The molecule has 31 heavy (non-hydrogen) atoms. The minimum atomic E-state index is -0.873. The third-order valence-corrected chi connectivity index (χ3v) is 7.13. The Morgan fingerprint density at radius 2 is 1.84 bits per heavy atom. The number of halogens is 2. The molecule has 0 spiro atoms. The van der Waals surface area contributed by atoms with Crippen molar-refractivity contribution in [3.05, 3.63) is 69.7 Å². The highest BCUT2D eigenvalue weighted by Crippen LogP contribution is 2.32. The van der Waals surface area contributed by atoms with Crippen molar-refractivity contribution in [1.29, 1.82) is 0 Å². The summed E-state index contributed by atoms with van der Waals surface area (Å²) in [5.41, 5.74) is 2.43. The van der Waals surface area contributed by atoms with E-state index in [1.807, 2.05) is 25.1 Å². The molecule has 4 nitrogen and oxygen atoms in total. The second kappa shape index (κ2) is 11.8. The lowest BCUT2D eigenvalue weighted by atomic mass is 9.86. The molecule has 0 bridgehead atoms. The van der Waals surface area contributed by atoms with Crippen molar-refractivity contribution < 1.29 is 9.90 Å². The number of likely N-dealkylation sites (N-methyl/N-ethyl adjacent to an activating group) is 1. The highest BCUT2D eigenvalue weighted by atomic mass is 35.5. The van der Waals surface area contributed by atoms with Gasteiger partial charge in [0.05, 0.1) is 10.0 Å². The summed E-state index contributed by atoms with van der Waals surface area (Å²) in [4.78, 5) is 15.6. The molecule has 1 amide bonds. The van der Waals surface area contributed by atoms with Crippen molar-refractivity contribution in [3.63, 3.8) is 0 Å². The molecule has 168 valence electrons. The Bertz CT molecular complexity index is 839. The van der Waals surface area contributed by atoms with Crippen LogP contribution in [0.3, 0.4) is 0 Å². The Hall–Kier alpha value is -1.75. The molecule has 1 fully saturated rings. The quantitative estimate of drug-likeness (QED) is 0.446. The van der Waals surface area contributed by atoms with Crippen molar-refractivity contribution >= 4 is 29.3 Å². The largest absolute Gasteiger partial charge is 0.465 e. The first-order chi connectivity index (χ1) is 15.0. The minimum absolute atomic E-state index is 0.119. The van der Waals surface area contributed by atoms with Crippen LogP contribution >= 0.6 is 23.2 Å². The molecular formula is C25H32Cl2N2O2. The van der Waals surface area contributed by atoms with Crippen molar-refractivity contribution in [1.82, 2.24) is 9.80 Å². The van der Waals surface area contributed by atoms with Gasteiger partial charge in [0.2, 0.25) is 0 Å². The summed E-state index contributed by atoms with van der Waals surface area (Å²) in [6.45, 7) is 6.09. The van der Waals surface area contributed by atoms with Gasteiger partial charge in [-0.25, -0.2) is 4.79 Å². The molecule has 1 N–H and O–H groups in total. The maximum atomic E-state index is 11.6. The van der Waals surface area contributed by atoms with Gasteiger partial charge in [-0.3, -0.25) is 4.90 Å². The maximum Gasteiger partial charge on any atom is 0.407 e. The Labute approximate surface area is 195 Å². The van der Waals surface area contributed by atoms with Gasteiger partial charge in [0, 0.05) is 25.6 Å². The fourth-order valence-corrected chi connectivity index (χ4v) is 4.76. The molecule has 6 heteroatoms. The van der Waals surface area contributed by atoms with E-state index in [-0.39, 0.29) is 5.92 Å². The molecule has 1 heterocycles. The minimum Gasteiger partial charge on any atom is -0.465 e. The summed E-state index contributed by atoms with van der Waals surface area (Å²) < 4.78 is 0. The molecule has 0 radical (unpaired) electrons. The number of carboxylic acid groups (broad SMARTS) is 1. The third kappa shape index (κ3) is 7.13. The normalized spacial score (nSPS) is 16.2.